The van der Waals surface area contributed by atoms with Crippen LogP contribution in [0, 0.1) is 0 Å². The monoisotopic (exact) mass is 362 g/mol. The van der Waals surface area contributed by atoms with E-state index in [-0.39, 0.29) is 11.9 Å². The van der Waals surface area contributed by atoms with Crippen molar-refractivity contribution in [1.29, 1.82) is 0 Å². The van der Waals surface area contributed by atoms with E-state index < -0.39 is 12.0 Å². The van der Waals surface area contributed by atoms with E-state index in [0.717, 1.165) is 41.8 Å². The molecule has 1 fully saturated rings. The fourth-order valence-electron chi connectivity index (χ4n) is 3.23. The Hall–Kier alpha value is -2.22. The zero-order chi connectivity index (χ0) is 17.8. The van der Waals surface area contributed by atoms with Gasteiger partial charge in [-0.15, -0.1) is 11.3 Å². The van der Waals surface area contributed by atoms with E-state index in [1.54, 1.807) is 0 Å². The summed E-state index contributed by atoms with van der Waals surface area (Å²) in [5, 5.41) is 14.9. The third-order valence-electron chi connectivity index (χ3n) is 4.53. The molecule has 0 spiro atoms. The van der Waals surface area contributed by atoms with Crippen LogP contribution in [0.15, 0.2) is 17.8 Å². The van der Waals surface area contributed by atoms with Gasteiger partial charge in [-0.25, -0.2) is 14.8 Å². The van der Waals surface area contributed by atoms with Gasteiger partial charge in [0.05, 0.1) is 5.39 Å². The van der Waals surface area contributed by atoms with Crippen LogP contribution in [0.25, 0.3) is 10.2 Å². The number of anilines is 1. The molecule has 0 aliphatic carbocycles. The van der Waals surface area contributed by atoms with Crippen LogP contribution in [0.5, 0.6) is 0 Å². The maximum absolute atomic E-state index is 12.7. The summed E-state index contributed by atoms with van der Waals surface area (Å²) in [6.07, 6.45) is 5.21. The number of carboxylic acids is 1. The second-order valence-corrected chi connectivity index (χ2v) is 7.12. The minimum Gasteiger partial charge on any atom is -0.480 e. The van der Waals surface area contributed by atoms with Crippen LogP contribution < -0.4 is 10.2 Å². The molecule has 0 saturated carbocycles. The molecule has 2 aromatic rings. The molecule has 3 rings (SSSR count). The summed E-state index contributed by atoms with van der Waals surface area (Å²) in [5.74, 6) is -0.457. The SMILES string of the molecule is CCCC[C@H](NC(=O)C1CCCN1c1ncnc2sccc12)C(=O)O. The first kappa shape index (κ1) is 17.6. The normalized spacial score (nSPS) is 18.4. The second-order valence-electron chi connectivity index (χ2n) is 6.23. The molecule has 2 aromatic heterocycles. The number of carbonyl (C=O) groups excluding carboxylic acids is 1. The van der Waals surface area contributed by atoms with E-state index in [2.05, 4.69) is 15.3 Å². The summed E-state index contributed by atoms with van der Waals surface area (Å²) in [7, 11) is 0. The molecule has 2 N–H and O–H groups in total. The van der Waals surface area contributed by atoms with Crippen molar-refractivity contribution in [2.45, 2.75) is 51.1 Å². The number of fused-ring (bicyclic) bond motifs is 1. The van der Waals surface area contributed by atoms with Gasteiger partial charge in [-0.2, -0.15) is 0 Å². The highest BCUT2D eigenvalue weighted by Gasteiger charge is 2.34. The van der Waals surface area contributed by atoms with Gasteiger partial charge in [-0.05, 0) is 30.7 Å². The molecular formula is C17H22N4O3S. The van der Waals surface area contributed by atoms with Crippen molar-refractivity contribution in [3.8, 4) is 0 Å². The maximum Gasteiger partial charge on any atom is 0.326 e. The number of unbranched alkanes of at least 4 members (excludes halogenated alkanes) is 1. The fourth-order valence-corrected chi connectivity index (χ4v) is 3.96. The molecule has 0 radical (unpaired) electrons. The first-order valence-electron chi connectivity index (χ1n) is 8.59. The van der Waals surface area contributed by atoms with E-state index in [1.807, 2.05) is 23.3 Å². The Kier molecular flexibility index (Phi) is 5.47. The average Bonchev–Trinajstić information content (AvgIpc) is 3.26. The highest BCUT2D eigenvalue weighted by atomic mass is 32.1. The first-order chi connectivity index (χ1) is 12.1. The van der Waals surface area contributed by atoms with Crippen LogP contribution in [-0.2, 0) is 9.59 Å². The van der Waals surface area contributed by atoms with Gasteiger partial charge in [0.15, 0.2) is 0 Å². The molecule has 1 amide bonds. The van der Waals surface area contributed by atoms with Gasteiger partial charge >= 0.3 is 5.97 Å². The molecule has 2 atom stereocenters. The quantitative estimate of drug-likeness (QED) is 0.785. The van der Waals surface area contributed by atoms with Gasteiger partial charge in [0.25, 0.3) is 0 Å². The van der Waals surface area contributed by atoms with E-state index in [1.165, 1.54) is 17.7 Å². The highest BCUT2D eigenvalue weighted by Crippen LogP contribution is 2.31. The topological polar surface area (TPSA) is 95.4 Å². The largest absolute Gasteiger partial charge is 0.480 e. The number of carboxylic acid groups (broad SMARTS) is 1. The predicted molar refractivity (Wildman–Crippen MR) is 96.9 cm³/mol. The number of hydrogen-bond acceptors (Lipinski definition) is 6. The number of aliphatic carboxylic acids is 1. The van der Waals surface area contributed by atoms with E-state index in [4.69, 9.17) is 0 Å². The summed E-state index contributed by atoms with van der Waals surface area (Å²) in [6, 6.07) is 0.743. The Balaban J connectivity index is 1.78. The number of hydrogen-bond donors (Lipinski definition) is 2. The Morgan fingerprint density at radius 1 is 1.48 bits per heavy atom. The molecular weight excluding hydrogens is 340 g/mol. The van der Waals surface area contributed by atoms with Crippen LogP contribution in [0.4, 0.5) is 5.82 Å². The van der Waals surface area contributed by atoms with Gasteiger partial charge in [0, 0.05) is 6.54 Å². The van der Waals surface area contributed by atoms with Crippen LogP contribution in [-0.4, -0.2) is 45.6 Å². The average molecular weight is 362 g/mol. The molecule has 3 heterocycles. The Labute approximate surface area is 150 Å². The van der Waals surface area contributed by atoms with Crippen molar-refractivity contribution in [3.05, 3.63) is 17.8 Å². The van der Waals surface area contributed by atoms with Crippen molar-refractivity contribution in [1.82, 2.24) is 15.3 Å². The minimum atomic E-state index is -0.978. The zero-order valence-corrected chi connectivity index (χ0v) is 15.0. The van der Waals surface area contributed by atoms with Crippen molar-refractivity contribution < 1.29 is 14.7 Å². The lowest BCUT2D eigenvalue weighted by molar-refractivity contribution is -0.142. The molecule has 134 valence electrons. The number of nitrogens with zero attached hydrogens (tertiary/aromatic N) is 3. The molecule has 1 aliphatic rings. The number of thiophene rings is 1. The van der Waals surface area contributed by atoms with Crippen LogP contribution in [0.1, 0.15) is 39.0 Å². The molecule has 7 nitrogen and oxygen atoms in total. The number of rotatable bonds is 7. The van der Waals surface area contributed by atoms with Crippen LogP contribution in [0.3, 0.4) is 0 Å². The van der Waals surface area contributed by atoms with Crippen molar-refractivity contribution >= 4 is 39.2 Å². The lowest BCUT2D eigenvalue weighted by Crippen LogP contribution is -2.49. The maximum atomic E-state index is 12.7. The third kappa shape index (κ3) is 3.73. The predicted octanol–water partition coefficient (Wildman–Crippen LogP) is 2.42. The van der Waals surface area contributed by atoms with Crippen molar-refractivity contribution in [2.24, 2.45) is 0 Å². The fraction of sp³-hybridized carbons (Fsp3) is 0.529. The molecule has 0 aromatic carbocycles. The zero-order valence-electron chi connectivity index (χ0n) is 14.1. The third-order valence-corrected chi connectivity index (χ3v) is 5.35. The Bertz CT molecular complexity index is 763. The minimum absolute atomic E-state index is 0.233. The molecule has 25 heavy (non-hydrogen) atoms. The summed E-state index contributed by atoms with van der Waals surface area (Å²) in [4.78, 5) is 35.6. The van der Waals surface area contributed by atoms with Gasteiger partial charge < -0.3 is 15.3 Å². The summed E-state index contributed by atoms with van der Waals surface area (Å²) in [5.41, 5.74) is 0. The molecule has 1 saturated heterocycles. The molecule has 1 aliphatic heterocycles. The van der Waals surface area contributed by atoms with Crippen LogP contribution in [0.2, 0.25) is 0 Å². The molecule has 8 heteroatoms. The van der Waals surface area contributed by atoms with Crippen molar-refractivity contribution in [2.75, 3.05) is 11.4 Å². The van der Waals surface area contributed by atoms with E-state index in [9.17, 15) is 14.7 Å². The standard InChI is InChI=1S/C17H22N4O3S/c1-2-3-5-12(17(23)24)20-15(22)13-6-4-8-21(13)14-11-7-9-25-16(11)19-10-18-14/h7,9-10,12-13H,2-6,8H2,1H3,(H,20,22)(H,23,24)/t12-,13?/m0/s1. The number of aromatic nitrogens is 2. The number of nitrogens with one attached hydrogen (secondary N) is 1. The first-order valence-corrected chi connectivity index (χ1v) is 9.47. The smallest absolute Gasteiger partial charge is 0.326 e. The molecule has 0 bridgehead atoms. The van der Waals surface area contributed by atoms with Gasteiger partial charge in [-0.1, -0.05) is 19.8 Å². The van der Waals surface area contributed by atoms with Gasteiger partial charge in [0.2, 0.25) is 5.91 Å². The summed E-state index contributed by atoms with van der Waals surface area (Å²) < 4.78 is 0. The second kappa shape index (κ2) is 7.77. The van der Waals surface area contributed by atoms with Crippen molar-refractivity contribution in [3.63, 3.8) is 0 Å². The summed E-state index contributed by atoms with van der Waals surface area (Å²) in [6.45, 7) is 2.73. The summed E-state index contributed by atoms with van der Waals surface area (Å²) >= 11 is 1.54. The van der Waals surface area contributed by atoms with Crippen LogP contribution >= 0.6 is 11.3 Å². The van der Waals surface area contributed by atoms with Gasteiger partial charge in [-0.3, -0.25) is 4.79 Å². The van der Waals surface area contributed by atoms with E-state index >= 15 is 0 Å². The van der Waals surface area contributed by atoms with E-state index in [0.29, 0.717) is 12.8 Å². The Morgan fingerprint density at radius 2 is 2.32 bits per heavy atom. The lowest BCUT2D eigenvalue weighted by Gasteiger charge is -2.26. The number of carbonyl (C=O) groups is 2. The molecule has 1 unspecified atom stereocenters. The highest BCUT2D eigenvalue weighted by molar-refractivity contribution is 7.16. The number of amides is 1. The van der Waals surface area contributed by atoms with Gasteiger partial charge in [0.1, 0.15) is 29.1 Å². The Morgan fingerprint density at radius 3 is 3.08 bits per heavy atom. The lowest BCUT2D eigenvalue weighted by atomic mass is 10.1.